The molecule has 0 aliphatic carbocycles. The number of carboxylic acids is 1. The number of amides is 2. The number of anilines is 1. The Bertz CT molecular complexity index is 399. The molecule has 0 aliphatic heterocycles. The lowest BCUT2D eigenvalue weighted by Gasteiger charge is -2.27. The molecule has 0 radical (unpaired) electrons. The third-order valence-electron chi connectivity index (χ3n) is 1.97. The summed E-state index contributed by atoms with van der Waals surface area (Å²) >= 11 is 1.15. The Morgan fingerprint density at radius 2 is 2.12 bits per heavy atom. The summed E-state index contributed by atoms with van der Waals surface area (Å²) in [5.74, 6) is -1.08. The minimum atomic E-state index is -1.08. The summed E-state index contributed by atoms with van der Waals surface area (Å²) in [5.41, 5.74) is 0.887. The summed E-state index contributed by atoms with van der Waals surface area (Å²) in [7, 11) is 0. The van der Waals surface area contributed by atoms with Gasteiger partial charge in [0.2, 0.25) is 5.13 Å². The van der Waals surface area contributed by atoms with E-state index < -0.39 is 23.5 Å². The molecular weight excluding hydrogens is 244 g/mol. The zero-order valence-corrected chi connectivity index (χ0v) is 10.5. The fourth-order valence-corrected chi connectivity index (χ4v) is 1.58. The molecule has 1 aromatic rings. The summed E-state index contributed by atoms with van der Waals surface area (Å²) in [4.78, 5) is 22.5. The van der Waals surface area contributed by atoms with Crippen molar-refractivity contribution in [2.45, 2.75) is 26.8 Å². The van der Waals surface area contributed by atoms with Crippen molar-refractivity contribution >= 4 is 28.5 Å². The highest BCUT2D eigenvalue weighted by molar-refractivity contribution is 7.13. The molecule has 3 N–H and O–H groups in total. The monoisotopic (exact) mass is 258 g/mol. The molecule has 1 unspecified atom stereocenters. The molecule has 0 saturated heterocycles. The minimum Gasteiger partial charge on any atom is -0.480 e. The van der Waals surface area contributed by atoms with E-state index in [9.17, 15) is 9.59 Å². The summed E-state index contributed by atoms with van der Waals surface area (Å²) in [6.45, 7) is 5.20. The van der Waals surface area contributed by atoms with Gasteiger partial charge in [-0.1, -0.05) is 32.1 Å². The second-order valence-corrected chi connectivity index (χ2v) is 5.31. The number of carbonyl (C=O) groups excluding carboxylic acids is 1. The molecule has 0 aromatic carbocycles. The van der Waals surface area contributed by atoms with Gasteiger partial charge in [0.1, 0.15) is 11.6 Å². The van der Waals surface area contributed by atoms with Gasteiger partial charge in [-0.05, 0) is 5.41 Å². The van der Waals surface area contributed by atoms with Crippen molar-refractivity contribution in [1.29, 1.82) is 0 Å². The van der Waals surface area contributed by atoms with Crippen LogP contribution in [0.25, 0.3) is 0 Å². The predicted octanol–water partition coefficient (Wildman–Crippen LogP) is 1.16. The van der Waals surface area contributed by atoms with E-state index in [2.05, 4.69) is 20.8 Å². The van der Waals surface area contributed by atoms with Gasteiger partial charge in [-0.3, -0.25) is 5.32 Å². The second-order valence-electron chi connectivity index (χ2n) is 4.48. The molecule has 1 rings (SSSR count). The molecule has 7 nitrogen and oxygen atoms in total. The first-order valence-corrected chi connectivity index (χ1v) is 5.75. The highest BCUT2D eigenvalue weighted by Gasteiger charge is 2.32. The summed E-state index contributed by atoms with van der Waals surface area (Å²) in [6, 6.07) is -1.58. The molecule has 2 amide bonds. The van der Waals surface area contributed by atoms with Crippen LogP contribution in [0.3, 0.4) is 0 Å². The first kappa shape index (κ1) is 13.4. The van der Waals surface area contributed by atoms with E-state index in [0.29, 0.717) is 5.13 Å². The largest absolute Gasteiger partial charge is 0.480 e. The third kappa shape index (κ3) is 3.99. The van der Waals surface area contributed by atoms with Crippen LogP contribution in [0.4, 0.5) is 9.93 Å². The average molecular weight is 258 g/mol. The smallest absolute Gasteiger partial charge is 0.326 e. The number of rotatable bonds is 3. The highest BCUT2D eigenvalue weighted by atomic mass is 32.1. The van der Waals surface area contributed by atoms with Crippen molar-refractivity contribution in [3.63, 3.8) is 0 Å². The first-order valence-electron chi connectivity index (χ1n) is 4.87. The first-order chi connectivity index (χ1) is 7.80. The molecule has 94 valence electrons. The lowest BCUT2D eigenvalue weighted by molar-refractivity contribution is -0.141. The summed E-state index contributed by atoms with van der Waals surface area (Å²) in [5, 5.41) is 21.3. The number of nitrogens with one attached hydrogen (secondary N) is 2. The maximum atomic E-state index is 11.5. The van der Waals surface area contributed by atoms with Crippen LogP contribution in [0.1, 0.15) is 20.8 Å². The zero-order chi connectivity index (χ0) is 13.1. The van der Waals surface area contributed by atoms with Crippen molar-refractivity contribution in [3.8, 4) is 0 Å². The van der Waals surface area contributed by atoms with Crippen LogP contribution < -0.4 is 10.6 Å². The van der Waals surface area contributed by atoms with E-state index in [1.54, 1.807) is 20.8 Å². The number of hydrogen-bond donors (Lipinski definition) is 3. The van der Waals surface area contributed by atoms with E-state index in [-0.39, 0.29) is 0 Å². The van der Waals surface area contributed by atoms with Crippen molar-refractivity contribution in [3.05, 3.63) is 5.51 Å². The van der Waals surface area contributed by atoms with Crippen molar-refractivity contribution in [1.82, 2.24) is 15.5 Å². The van der Waals surface area contributed by atoms with Gasteiger partial charge in [0.25, 0.3) is 0 Å². The van der Waals surface area contributed by atoms with Crippen molar-refractivity contribution in [2.24, 2.45) is 5.41 Å². The lowest BCUT2D eigenvalue weighted by Crippen LogP contribution is -2.50. The van der Waals surface area contributed by atoms with Crippen LogP contribution in [-0.4, -0.2) is 33.3 Å². The number of aromatic nitrogens is 2. The average Bonchev–Trinajstić information content (AvgIpc) is 2.64. The molecular formula is C9H14N4O3S. The van der Waals surface area contributed by atoms with Crippen LogP contribution in [0.15, 0.2) is 5.51 Å². The molecule has 17 heavy (non-hydrogen) atoms. The zero-order valence-electron chi connectivity index (χ0n) is 9.72. The number of urea groups is 1. The molecule has 0 bridgehead atoms. The van der Waals surface area contributed by atoms with Crippen molar-refractivity contribution < 1.29 is 14.7 Å². The van der Waals surface area contributed by atoms with Gasteiger partial charge in [-0.15, -0.1) is 10.2 Å². The number of nitrogens with zero attached hydrogens (tertiary/aromatic N) is 2. The fourth-order valence-electron chi connectivity index (χ4n) is 1.14. The van der Waals surface area contributed by atoms with E-state index >= 15 is 0 Å². The number of carbonyl (C=O) groups is 2. The SMILES string of the molecule is CC(C)(C)C(NC(=O)Nc1nncs1)C(=O)O. The Morgan fingerprint density at radius 3 is 2.53 bits per heavy atom. The summed E-state index contributed by atoms with van der Waals surface area (Å²) < 4.78 is 0. The van der Waals surface area contributed by atoms with Crippen LogP contribution in [0.2, 0.25) is 0 Å². The van der Waals surface area contributed by atoms with Gasteiger partial charge in [-0.2, -0.15) is 0 Å². The molecule has 1 heterocycles. The molecule has 8 heteroatoms. The Morgan fingerprint density at radius 1 is 1.47 bits per heavy atom. The number of hydrogen-bond acceptors (Lipinski definition) is 5. The Balaban J connectivity index is 2.62. The van der Waals surface area contributed by atoms with Crippen molar-refractivity contribution in [2.75, 3.05) is 5.32 Å². The topological polar surface area (TPSA) is 104 Å². The van der Waals surface area contributed by atoms with Gasteiger partial charge in [0.15, 0.2) is 0 Å². The van der Waals surface area contributed by atoms with Gasteiger partial charge < -0.3 is 10.4 Å². The van der Waals surface area contributed by atoms with Crippen LogP contribution >= 0.6 is 11.3 Å². The molecule has 0 aliphatic rings. The molecule has 0 saturated carbocycles. The quantitative estimate of drug-likeness (QED) is 0.754. The highest BCUT2D eigenvalue weighted by Crippen LogP contribution is 2.19. The molecule has 1 aromatic heterocycles. The maximum Gasteiger partial charge on any atom is 0.326 e. The van der Waals surface area contributed by atoms with Crippen LogP contribution in [0, 0.1) is 5.41 Å². The van der Waals surface area contributed by atoms with Crippen LogP contribution in [0.5, 0.6) is 0 Å². The Hall–Kier alpha value is -1.70. The predicted molar refractivity (Wildman–Crippen MR) is 62.9 cm³/mol. The lowest BCUT2D eigenvalue weighted by atomic mass is 9.87. The van der Waals surface area contributed by atoms with E-state index in [1.165, 1.54) is 5.51 Å². The Labute approximate surface area is 102 Å². The second kappa shape index (κ2) is 5.09. The standard InChI is InChI=1S/C9H14N4O3S/c1-9(2,3)5(6(14)15)11-7(16)12-8-13-10-4-17-8/h4-5H,1-3H3,(H,14,15)(H2,11,12,13,16). The van der Waals surface area contributed by atoms with Crippen LogP contribution in [-0.2, 0) is 4.79 Å². The van der Waals surface area contributed by atoms with E-state index in [1.807, 2.05) is 0 Å². The number of aliphatic carboxylic acids is 1. The van der Waals surface area contributed by atoms with Gasteiger partial charge in [0, 0.05) is 0 Å². The Kier molecular flexibility index (Phi) is 4.00. The van der Waals surface area contributed by atoms with Gasteiger partial charge in [-0.25, -0.2) is 9.59 Å². The fraction of sp³-hybridized carbons (Fsp3) is 0.556. The molecule has 0 fully saturated rings. The van der Waals surface area contributed by atoms with E-state index in [4.69, 9.17) is 5.11 Å². The van der Waals surface area contributed by atoms with Gasteiger partial charge >= 0.3 is 12.0 Å². The van der Waals surface area contributed by atoms with E-state index in [0.717, 1.165) is 11.3 Å². The number of carboxylic acid groups (broad SMARTS) is 1. The van der Waals surface area contributed by atoms with Gasteiger partial charge in [0.05, 0.1) is 0 Å². The molecule has 1 atom stereocenters. The molecule has 0 spiro atoms. The third-order valence-corrected chi connectivity index (χ3v) is 2.58. The normalized spacial score (nSPS) is 12.9. The maximum absolute atomic E-state index is 11.5. The summed E-state index contributed by atoms with van der Waals surface area (Å²) in [6.07, 6.45) is 0. The minimum absolute atomic E-state index is 0.320.